The minimum atomic E-state index is -0.905. The molecule has 4 heteroatoms. The second-order valence-electron chi connectivity index (χ2n) is 5.72. The summed E-state index contributed by atoms with van der Waals surface area (Å²) in [5.74, 6) is -0.356. The normalized spacial score (nSPS) is 31.4. The van der Waals surface area contributed by atoms with Gasteiger partial charge in [-0.15, -0.1) is 0 Å². The molecule has 0 bridgehead atoms. The molecule has 1 aliphatic rings. The Kier molecular flexibility index (Phi) is 4.19. The molecule has 19 heavy (non-hydrogen) atoms. The number of hydrogen-bond acceptors (Lipinski definition) is 2. The molecule has 2 atom stereocenters. The molecule has 1 aromatic carbocycles. The van der Waals surface area contributed by atoms with Crippen LogP contribution in [0.15, 0.2) is 18.2 Å². The monoisotopic (exact) mass is 286 g/mol. The van der Waals surface area contributed by atoms with Crippen LogP contribution in [0.5, 0.6) is 0 Å². The van der Waals surface area contributed by atoms with Gasteiger partial charge in [0.05, 0.1) is 17.8 Å². The predicted octanol–water partition coefficient (Wildman–Crippen LogP) is 3.73. The highest BCUT2D eigenvalue weighted by atomic mass is 35.5. The average molecular weight is 287 g/mol. The number of halogens is 2. The maximum atomic E-state index is 13.8. The zero-order valence-electron chi connectivity index (χ0n) is 11.4. The lowest BCUT2D eigenvalue weighted by Crippen LogP contribution is -2.48. The average Bonchev–Trinajstić information content (AvgIpc) is 2.33. The summed E-state index contributed by atoms with van der Waals surface area (Å²) < 4.78 is 19.5. The van der Waals surface area contributed by atoms with Gasteiger partial charge in [-0.3, -0.25) is 0 Å². The van der Waals surface area contributed by atoms with Gasteiger partial charge in [0.2, 0.25) is 0 Å². The van der Waals surface area contributed by atoms with E-state index in [2.05, 4.69) is 0 Å². The van der Waals surface area contributed by atoms with Crippen LogP contribution < -0.4 is 0 Å². The summed E-state index contributed by atoms with van der Waals surface area (Å²) in [7, 11) is 0. The van der Waals surface area contributed by atoms with E-state index in [1.807, 2.05) is 13.8 Å². The summed E-state index contributed by atoms with van der Waals surface area (Å²) >= 11 is 5.74. The van der Waals surface area contributed by atoms with Crippen LogP contribution in [0.2, 0.25) is 5.02 Å². The van der Waals surface area contributed by atoms with Gasteiger partial charge in [-0.25, -0.2) is 4.39 Å². The first-order valence-corrected chi connectivity index (χ1v) is 7.04. The Labute approximate surface area is 118 Å². The molecule has 2 rings (SSSR count). The molecule has 2 nitrogen and oxygen atoms in total. The van der Waals surface area contributed by atoms with E-state index in [4.69, 9.17) is 16.3 Å². The lowest BCUT2D eigenvalue weighted by atomic mass is 9.78. The van der Waals surface area contributed by atoms with Crippen LogP contribution in [-0.2, 0) is 11.2 Å². The molecule has 106 valence electrons. The third-order valence-corrected chi connectivity index (χ3v) is 4.24. The van der Waals surface area contributed by atoms with E-state index in [1.165, 1.54) is 6.07 Å². The lowest BCUT2D eigenvalue weighted by Gasteiger charge is -2.43. The van der Waals surface area contributed by atoms with Crippen molar-refractivity contribution in [1.29, 1.82) is 0 Å². The number of benzene rings is 1. The highest BCUT2D eigenvalue weighted by Gasteiger charge is 2.41. The van der Waals surface area contributed by atoms with Gasteiger partial charge in [-0.2, -0.15) is 0 Å². The Morgan fingerprint density at radius 3 is 2.84 bits per heavy atom. The van der Waals surface area contributed by atoms with Crippen LogP contribution in [0.4, 0.5) is 4.39 Å². The third kappa shape index (κ3) is 3.47. The molecular weight excluding hydrogens is 267 g/mol. The summed E-state index contributed by atoms with van der Waals surface area (Å²) in [6, 6.07) is 4.59. The molecule has 0 radical (unpaired) electrons. The van der Waals surface area contributed by atoms with Gasteiger partial charge in [0.1, 0.15) is 5.82 Å². The first-order chi connectivity index (χ1) is 8.86. The van der Waals surface area contributed by atoms with Gasteiger partial charge in [-0.1, -0.05) is 24.6 Å². The van der Waals surface area contributed by atoms with Gasteiger partial charge < -0.3 is 9.84 Å². The van der Waals surface area contributed by atoms with Gasteiger partial charge in [0.25, 0.3) is 0 Å². The van der Waals surface area contributed by atoms with Crippen LogP contribution in [-0.4, -0.2) is 22.9 Å². The van der Waals surface area contributed by atoms with Crippen molar-refractivity contribution in [3.05, 3.63) is 34.6 Å². The zero-order chi connectivity index (χ0) is 14.1. The van der Waals surface area contributed by atoms with Crippen LogP contribution in [0.25, 0.3) is 0 Å². The summed E-state index contributed by atoms with van der Waals surface area (Å²) in [6.07, 6.45) is 2.19. The van der Waals surface area contributed by atoms with E-state index >= 15 is 0 Å². The van der Waals surface area contributed by atoms with Crippen molar-refractivity contribution in [3.8, 4) is 0 Å². The largest absolute Gasteiger partial charge is 0.389 e. The highest BCUT2D eigenvalue weighted by molar-refractivity contribution is 6.30. The van der Waals surface area contributed by atoms with Crippen LogP contribution >= 0.6 is 11.6 Å². The lowest BCUT2D eigenvalue weighted by molar-refractivity contribution is -0.153. The van der Waals surface area contributed by atoms with E-state index in [1.54, 1.807) is 12.1 Å². The van der Waals surface area contributed by atoms with Gasteiger partial charge >= 0.3 is 0 Å². The molecule has 1 aromatic rings. The Balaban J connectivity index is 2.16. The summed E-state index contributed by atoms with van der Waals surface area (Å²) in [5, 5.41) is 11.1. The van der Waals surface area contributed by atoms with Crippen LogP contribution in [0.1, 0.15) is 38.7 Å². The molecule has 1 heterocycles. The fraction of sp³-hybridized carbons (Fsp3) is 0.600. The van der Waals surface area contributed by atoms with Crippen LogP contribution in [0, 0.1) is 5.82 Å². The molecule has 0 saturated carbocycles. The van der Waals surface area contributed by atoms with Crippen molar-refractivity contribution in [2.24, 2.45) is 0 Å². The van der Waals surface area contributed by atoms with E-state index in [-0.39, 0.29) is 11.4 Å². The molecule has 0 aliphatic carbocycles. The van der Waals surface area contributed by atoms with E-state index in [0.29, 0.717) is 36.5 Å². The van der Waals surface area contributed by atoms with Crippen molar-refractivity contribution in [2.45, 2.75) is 50.7 Å². The molecule has 1 N–H and O–H groups in total. The van der Waals surface area contributed by atoms with Crippen molar-refractivity contribution in [1.82, 2.24) is 0 Å². The van der Waals surface area contributed by atoms with Crippen molar-refractivity contribution in [2.75, 3.05) is 6.61 Å². The number of hydrogen-bond donors (Lipinski definition) is 1. The summed E-state index contributed by atoms with van der Waals surface area (Å²) in [4.78, 5) is 0. The van der Waals surface area contributed by atoms with Crippen molar-refractivity contribution < 1.29 is 14.2 Å². The Morgan fingerprint density at radius 2 is 2.21 bits per heavy atom. The van der Waals surface area contributed by atoms with E-state index in [9.17, 15) is 9.50 Å². The SMILES string of the molecule is CCC1(C)CC(O)(Cc2ccc(Cl)cc2F)CCO1. The minimum absolute atomic E-state index is 0.301. The fourth-order valence-electron chi connectivity index (χ4n) is 2.72. The minimum Gasteiger partial charge on any atom is -0.389 e. The highest BCUT2D eigenvalue weighted by Crippen LogP contribution is 2.37. The van der Waals surface area contributed by atoms with E-state index < -0.39 is 5.60 Å². The second-order valence-corrected chi connectivity index (χ2v) is 6.15. The Bertz CT molecular complexity index is 465. The van der Waals surface area contributed by atoms with Crippen LogP contribution in [0.3, 0.4) is 0 Å². The third-order valence-electron chi connectivity index (χ3n) is 4.00. The van der Waals surface area contributed by atoms with Crippen molar-refractivity contribution in [3.63, 3.8) is 0 Å². The van der Waals surface area contributed by atoms with Gasteiger partial charge in [0, 0.05) is 17.9 Å². The first-order valence-electron chi connectivity index (χ1n) is 6.66. The topological polar surface area (TPSA) is 29.5 Å². The standard InChI is InChI=1S/C15H20ClFO2/c1-3-14(2)10-15(18,6-7-19-14)9-11-4-5-12(16)8-13(11)17/h4-5,8,18H,3,6-7,9-10H2,1-2H3. The van der Waals surface area contributed by atoms with E-state index in [0.717, 1.165) is 6.42 Å². The molecular formula is C15H20ClFO2. The first kappa shape index (κ1) is 14.8. The fourth-order valence-corrected chi connectivity index (χ4v) is 2.88. The van der Waals surface area contributed by atoms with Gasteiger partial charge in [0.15, 0.2) is 0 Å². The van der Waals surface area contributed by atoms with Crippen molar-refractivity contribution >= 4 is 11.6 Å². The molecule has 0 aromatic heterocycles. The predicted molar refractivity (Wildman–Crippen MR) is 73.9 cm³/mol. The Hall–Kier alpha value is -0.640. The zero-order valence-corrected chi connectivity index (χ0v) is 12.1. The maximum absolute atomic E-state index is 13.8. The number of aliphatic hydroxyl groups is 1. The van der Waals surface area contributed by atoms with Gasteiger partial charge in [-0.05, 0) is 37.5 Å². The molecule has 0 amide bonds. The molecule has 1 fully saturated rings. The smallest absolute Gasteiger partial charge is 0.127 e. The quantitative estimate of drug-likeness (QED) is 0.917. The maximum Gasteiger partial charge on any atom is 0.127 e. The molecule has 2 unspecified atom stereocenters. The molecule has 1 aliphatic heterocycles. The molecule has 1 saturated heterocycles. The Morgan fingerprint density at radius 1 is 1.47 bits per heavy atom. The molecule has 0 spiro atoms. The summed E-state index contributed by atoms with van der Waals surface area (Å²) in [5.41, 5.74) is -0.722. The second kappa shape index (κ2) is 5.39. The number of rotatable bonds is 3. The number of ether oxygens (including phenoxy) is 1. The summed E-state index contributed by atoms with van der Waals surface area (Å²) in [6.45, 7) is 4.54.